The fourth-order valence-electron chi connectivity index (χ4n) is 5.38. The summed E-state index contributed by atoms with van der Waals surface area (Å²) < 4.78 is 0. The van der Waals surface area contributed by atoms with Crippen molar-refractivity contribution in [3.05, 3.63) is 39.7 Å². The minimum absolute atomic E-state index is 0.0919. The largest absolute Gasteiger partial charge is 0.0730 e. The number of benzene rings is 1. The highest BCUT2D eigenvalue weighted by Gasteiger charge is 2.35. The molecule has 4 rings (SSSR count). The van der Waals surface area contributed by atoms with Crippen LogP contribution >= 0.6 is 7.92 Å². The zero-order chi connectivity index (χ0) is 16.5. The smallest absolute Gasteiger partial charge is 0.00122 e. The van der Waals surface area contributed by atoms with Crippen LogP contribution in [0.5, 0.6) is 0 Å². The van der Waals surface area contributed by atoms with Crippen LogP contribution in [-0.2, 0) is 6.42 Å². The lowest BCUT2D eigenvalue weighted by Gasteiger charge is -2.39. The summed E-state index contributed by atoms with van der Waals surface area (Å²) in [6.45, 7) is 4.62. The highest BCUT2D eigenvalue weighted by molar-refractivity contribution is 7.63. The molecule has 1 aromatic carbocycles. The van der Waals surface area contributed by atoms with E-state index in [9.17, 15) is 0 Å². The molecule has 1 heteroatoms. The van der Waals surface area contributed by atoms with E-state index >= 15 is 0 Å². The van der Waals surface area contributed by atoms with E-state index in [-0.39, 0.29) is 7.92 Å². The Morgan fingerprint density at radius 3 is 1.83 bits per heavy atom. The number of aryl methyl sites for hydroxylation is 2. The second-order valence-electron chi connectivity index (χ2n) is 8.39. The lowest BCUT2D eigenvalue weighted by Crippen LogP contribution is -2.21. The molecule has 1 aromatic rings. The molecule has 0 N–H and O–H groups in total. The van der Waals surface area contributed by atoms with Crippen molar-refractivity contribution >= 4 is 14.0 Å². The summed E-state index contributed by atoms with van der Waals surface area (Å²) in [5, 5.41) is 1.87. The van der Waals surface area contributed by atoms with Gasteiger partial charge in [-0.15, -0.1) is 0 Å². The van der Waals surface area contributed by atoms with Crippen LogP contribution in [0.1, 0.15) is 86.5 Å². The second kappa shape index (κ2) is 7.33. The lowest BCUT2D eigenvalue weighted by molar-refractivity contribution is 0.486. The van der Waals surface area contributed by atoms with Crippen LogP contribution in [0.3, 0.4) is 0 Å². The topological polar surface area (TPSA) is 0 Å². The predicted octanol–water partition coefficient (Wildman–Crippen LogP) is 7.35. The van der Waals surface area contributed by atoms with Gasteiger partial charge in [0.2, 0.25) is 0 Å². The maximum absolute atomic E-state index is 2.66. The van der Waals surface area contributed by atoms with Crippen molar-refractivity contribution in [2.45, 2.75) is 95.8 Å². The first-order valence-electron chi connectivity index (χ1n) is 10.3. The summed E-state index contributed by atoms with van der Waals surface area (Å²) in [5.41, 5.74) is 8.33. The first-order valence-corrected chi connectivity index (χ1v) is 11.8. The molecule has 0 amide bonds. The van der Waals surface area contributed by atoms with Gasteiger partial charge in [0, 0.05) is 0 Å². The van der Waals surface area contributed by atoms with Crippen LogP contribution < -0.4 is 0 Å². The van der Waals surface area contributed by atoms with Gasteiger partial charge in [0.25, 0.3) is 0 Å². The quantitative estimate of drug-likeness (QED) is 0.505. The van der Waals surface area contributed by atoms with Crippen LogP contribution in [0.25, 0.3) is 6.08 Å². The van der Waals surface area contributed by atoms with Gasteiger partial charge in [-0.3, -0.25) is 0 Å². The Labute approximate surface area is 149 Å². The summed E-state index contributed by atoms with van der Waals surface area (Å²) in [6.07, 6.45) is 19.0. The average Bonchev–Trinajstić information content (AvgIpc) is 3.07. The van der Waals surface area contributed by atoms with Crippen LogP contribution in [0, 0.1) is 13.8 Å². The van der Waals surface area contributed by atoms with E-state index in [1.165, 1.54) is 81.8 Å². The summed E-state index contributed by atoms with van der Waals surface area (Å²) in [7, 11) is 0.0919. The molecular formula is C23H33P. The fraction of sp³-hybridized carbons (Fsp3) is 0.652. The Morgan fingerprint density at radius 2 is 1.29 bits per heavy atom. The highest BCUT2D eigenvalue weighted by Crippen LogP contribution is 2.63. The van der Waals surface area contributed by atoms with Gasteiger partial charge in [-0.25, -0.2) is 0 Å². The second-order valence-corrected chi connectivity index (χ2v) is 11.2. The summed E-state index contributed by atoms with van der Waals surface area (Å²) in [5.74, 6) is 0. The number of hydrogen-bond donors (Lipinski definition) is 0. The van der Waals surface area contributed by atoms with Crippen molar-refractivity contribution in [2.24, 2.45) is 0 Å². The van der Waals surface area contributed by atoms with Crippen LogP contribution in [0.15, 0.2) is 17.4 Å². The van der Waals surface area contributed by atoms with Gasteiger partial charge in [-0.05, 0) is 84.8 Å². The molecule has 0 nitrogen and oxygen atoms in total. The van der Waals surface area contributed by atoms with Gasteiger partial charge < -0.3 is 0 Å². The standard InChI is InChI=1S/C23H33P/c1-17-13-14-18(2)23-16-21(15-22(17)23)24(19-9-5-3-6-10-19)20-11-7-4-8-12-20/h13-15,19-20H,3-12,16H2,1-2H3. The molecule has 0 heterocycles. The van der Waals surface area contributed by atoms with E-state index in [4.69, 9.17) is 0 Å². The fourth-order valence-corrected chi connectivity index (χ4v) is 9.37. The van der Waals surface area contributed by atoms with Crippen molar-refractivity contribution in [2.75, 3.05) is 0 Å². The molecule has 0 radical (unpaired) electrons. The third-order valence-corrected chi connectivity index (χ3v) is 10.3. The Hall–Kier alpha value is -0.610. The molecule has 130 valence electrons. The predicted molar refractivity (Wildman–Crippen MR) is 108 cm³/mol. The average molecular weight is 340 g/mol. The van der Waals surface area contributed by atoms with E-state index in [0.29, 0.717) is 0 Å². The van der Waals surface area contributed by atoms with Crippen molar-refractivity contribution in [3.8, 4) is 0 Å². The molecule has 24 heavy (non-hydrogen) atoms. The van der Waals surface area contributed by atoms with Crippen molar-refractivity contribution in [1.29, 1.82) is 0 Å². The zero-order valence-corrected chi connectivity index (χ0v) is 16.5. The maximum Gasteiger partial charge on any atom is -0.00122 e. The minimum Gasteiger partial charge on any atom is -0.0730 e. The maximum atomic E-state index is 2.66. The monoisotopic (exact) mass is 340 g/mol. The Morgan fingerprint density at radius 1 is 0.750 bits per heavy atom. The van der Waals surface area contributed by atoms with Gasteiger partial charge >= 0.3 is 0 Å². The Bertz CT molecular complexity index is 597. The van der Waals surface area contributed by atoms with E-state index in [2.05, 4.69) is 32.1 Å². The molecule has 2 fully saturated rings. The van der Waals surface area contributed by atoms with Crippen LogP contribution in [0.4, 0.5) is 0 Å². The van der Waals surface area contributed by atoms with E-state index in [0.717, 1.165) is 11.3 Å². The van der Waals surface area contributed by atoms with Gasteiger partial charge in [0.15, 0.2) is 0 Å². The number of allylic oxidation sites excluding steroid dienone is 1. The van der Waals surface area contributed by atoms with E-state index < -0.39 is 0 Å². The Balaban J connectivity index is 1.65. The third kappa shape index (κ3) is 3.24. The van der Waals surface area contributed by atoms with Gasteiger partial charge in [-0.2, -0.15) is 0 Å². The lowest BCUT2D eigenvalue weighted by atomic mass is 9.99. The number of hydrogen-bond acceptors (Lipinski definition) is 0. The molecule has 2 saturated carbocycles. The molecule has 0 aromatic heterocycles. The molecule has 0 spiro atoms. The van der Waals surface area contributed by atoms with Gasteiger partial charge in [-0.1, -0.05) is 64.7 Å². The number of rotatable bonds is 3. The normalized spacial score (nSPS) is 22.7. The van der Waals surface area contributed by atoms with Crippen LogP contribution in [0.2, 0.25) is 0 Å². The minimum atomic E-state index is 0.0919. The molecule has 3 aliphatic rings. The first-order chi connectivity index (χ1) is 11.7. The number of fused-ring (bicyclic) bond motifs is 1. The van der Waals surface area contributed by atoms with E-state index in [1.807, 2.05) is 5.31 Å². The SMILES string of the molecule is Cc1ccc(C)c2c1C=C(P(C1CCCCC1)C1CCCCC1)C2. The van der Waals surface area contributed by atoms with Gasteiger partial charge in [0.05, 0.1) is 0 Å². The zero-order valence-electron chi connectivity index (χ0n) is 15.6. The van der Waals surface area contributed by atoms with Crippen molar-refractivity contribution < 1.29 is 0 Å². The van der Waals surface area contributed by atoms with E-state index in [1.54, 1.807) is 11.1 Å². The summed E-state index contributed by atoms with van der Waals surface area (Å²) >= 11 is 0. The Kier molecular flexibility index (Phi) is 5.14. The molecule has 0 unspecified atom stereocenters. The van der Waals surface area contributed by atoms with Crippen molar-refractivity contribution in [1.82, 2.24) is 0 Å². The van der Waals surface area contributed by atoms with Crippen LogP contribution in [-0.4, -0.2) is 11.3 Å². The summed E-state index contributed by atoms with van der Waals surface area (Å²) in [4.78, 5) is 0. The first kappa shape index (κ1) is 16.8. The summed E-state index contributed by atoms with van der Waals surface area (Å²) in [6, 6.07) is 4.67. The van der Waals surface area contributed by atoms with Gasteiger partial charge in [0.1, 0.15) is 0 Å². The molecule has 3 aliphatic carbocycles. The molecule has 0 saturated heterocycles. The molecular weight excluding hydrogens is 307 g/mol. The third-order valence-electron chi connectivity index (χ3n) is 6.75. The molecule has 0 aliphatic heterocycles. The highest BCUT2D eigenvalue weighted by atomic mass is 31.1. The molecule has 0 atom stereocenters. The van der Waals surface area contributed by atoms with Crippen molar-refractivity contribution in [3.63, 3.8) is 0 Å². The molecule has 0 bridgehead atoms.